The van der Waals surface area contributed by atoms with Gasteiger partial charge in [0.15, 0.2) is 11.5 Å². The molecule has 0 amide bonds. The van der Waals surface area contributed by atoms with Crippen LogP contribution in [0.25, 0.3) is 0 Å². The first-order chi connectivity index (χ1) is 16.1. The smallest absolute Gasteiger partial charge is 0.338 e. The molecular weight excluding hydrogens is 495 g/mol. The maximum absolute atomic E-state index is 12.6. The van der Waals surface area contributed by atoms with Crippen LogP contribution in [0.1, 0.15) is 22.0 Å². The molecule has 1 fully saturated rings. The molecule has 1 heterocycles. The summed E-state index contributed by atoms with van der Waals surface area (Å²) in [5.41, 5.74) is 1.60. The van der Waals surface area contributed by atoms with Crippen LogP contribution in [0.2, 0.25) is 0 Å². The van der Waals surface area contributed by atoms with Crippen molar-refractivity contribution in [3.05, 3.63) is 53.6 Å². The first-order valence-electron chi connectivity index (χ1n) is 11.3. The number of carbonyl (C=O) groups is 1. The molecule has 1 unspecified atom stereocenters. The molecule has 0 aromatic heterocycles. The Hall–Kier alpha value is -2.23. The van der Waals surface area contributed by atoms with Crippen LogP contribution in [-0.2, 0) is 9.47 Å². The van der Waals surface area contributed by atoms with Gasteiger partial charge in [-0.3, -0.25) is 0 Å². The molecule has 0 aliphatic carbocycles. The molecule has 10 heteroatoms. The van der Waals surface area contributed by atoms with Crippen molar-refractivity contribution in [3.63, 3.8) is 0 Å². The molecule has 1 aliphatic rings. The van der Waals surface area contributed by atoms with Gasteiger partial charge in [-0.05, 0) is 17.7 Å². The van der Waals surface area contributed by atoms with Gasteiger partial charge in [0.25, 0.3) is 0 Å². The van der Waals surface area contributed by atoms with Gasteiger partial charge in [-0.1, -0.05) is 30.3 Å². The molecule has 1 saturated heterocycles. The lowest BCUT2D eigenvalue weighted by molar-refractivity contribution is -1.01. The molecule has 2 aromatic rings. The third kappa shape index (κ3) is 8.44. The maximum atomic E-state index is 12.6. The van der Waals surface area contributed by atoms with Gasteiger partial charge < -0.3 is 58.3 Å². The van der Waals surface area contributed by atoms with Crippen LogP contribution in [0.15, 0.2) is 42.5 Å². The summed E-state index contributed by atoms with van der Waals surface area (Å²) >= 11 is 0. The average Bonchev–Trinajstić information content (AvgIpc) is 2.87. The van der Waals surface area contributed by atoms with Crippen molar-refractivity contribution >= 4 is 5.97 Å². The zero-order chi connectivity index (χ0) is 23.6. The van der Waals surface area contributed by atoms with Crippen molar-refractivity contribution in [2.45, 2.75) is 6.10 Å². The summed E-state index contributed by atoms with van der Waals surface area (Å²) in [6.45, 7) is 6.35. The minimum absolute atomic E-state index is 0. The predicted molar refractivity (Wildman–Crippen MR) is 124 cm³/mol. The summed E-state index contributed by atoms with van der Waals surface area (Å²) in [5, 5.41) is 0. The van der Waals surface area contributed by atoms with Gasteiger partial charge in [0, 0.05) is 7.11 Å². The van der Waals surface area contributed by atoms with E-state index in [9.17, 15) is 4.79 Å². The Labute approximate surface area is 220 Å². The molecule has 196 valence electrons. The normalized spacial score (nSPS) is 17.8. The van der Waals surface area contributed by atoms with Gasteiger partial charge in [0.2, 0.25) is 5.75 Å². The van der Waals surface area contributed by atoms with E-state index in [4.69, 9.17) is 23.7 Å². The van der Waals surface area contributed by atoms with Crippen LogP contribution < -0.4 is 48.8 Å². The number of hydrogen-bond donors (Lipinski definition) is 2. The van der Waals surface area contributed by atoms with E-state index < -0.39 is 5.97 Å². The van der Waals surface area contributed by atoms with Gasteiger partial charge >= 0.3 is 5.97 Å². The number of carbonyl (C=O) groups excluding carboxylic acids is 1. The van der Waals surface area contributed by atoms with E-state index in [1.807, 2.05) is 6.07 Å². The summed E-state index contributed by atoms with van der Waals surface area (Å²) in [6, 6.07) is 13.6. The first-order valence-corrected chi connectivity index (χ1v) is 11.3. The second-order valence-electron chi connectivity index (χ2n) is 8.14. The second kappa shape index (κ2) is 15.7. The van der Waals surface area contributed by atoms with Crippen LogP contribution in [0.4, 0.5) is 0 Å². The Kier molecular flexibility index (Phi) is 13.8. The number of ether oxygens (including phenoxy) is 5. The Balaban J connectivity index is 0.00000306. The van der Waals surface area contributed by atoms with Crippen LogP contribution in [-0.4, -0.2) is 80.3 Å². The van der Waals surface area contributed by atoms with Gasteiger partial charge in [0.1, 0.15) is 52.0 Å². The second-order valence-corrected chi connectivity index (χ2v) is 8.14. The molecule has 1 atom stereocenters. The van der Waals surface area contributed by atoms with Crippen molar-refractivity contribution in [3.8, 4) is 17.2 Å². The van der Waals surface area contributed by atoms with Crippen LogP contribution in [0.5, 0.6) is 17.2 Å². The molecule has 0 spiro atoms. The lowest BCUT2D eigenvalue weighted by atomic mass is 10.1. The van der Waals surface area contributed by atoms with E-state index in [2.05, 4.69) is 24.3 Å². The summed E-state index contributed by atoms with van der Waals surface area (Å²) < 4.78 is 27.2. The number of quaternary nitrogens is 2. The Bertz CT molecular complexity index is 870. The fourth-order valence-corrected chi connectivity index (χ4v) is 4.25. The van der Waals surface area contributed by atoms with E-state index in [0.29, 0.717) is 29.4 Å². The van der Waals surface area contributed by atoms with E-state index in [0.717, 1.165) is 39.3 Å². The highest BCUT2D eigenvalue weighted by molar-refractivity contribution is 5.91. The maximum Gasteiger partial charge on any atom is 0.338 e. The Morgan fingerprint density at radius 3 is 1.94 bits per heavy atom. The van der Waals surface area contributed by atoms with E-state index in [1.54, 1.807) is 24.1 Å². The number of nitrogens with one attached hydrogen (secondary N) is 2. The number of piperazine rings is 1. The van der Waals surface area contributed by atoms with Crippen molar-refractivity contribution in [2.75, 3.05) is 74.3 Å². The molecule has 3 rings (SSSR count). The average molecular weight is 531 g/mol. The number of halogens is 2. The molecule has 8 nitrogen and oxygen atoms in total. The molecule has 35 heavy (non-hydrogen) atoms. The number of rotatable bonds is 11. The number of esters is 1. The quantitative estimate of drug-likeness (QED) is 0.282. The van der Waals surface area contributed by atoms with E-state index in [1.165, 1.54) is 31.8 Å². The van der Waals surface area contributed by atoms with Crippen molar-refractivity contribution in [2.24, 2.45) is 0 Å². The summed E-state index contributed by atoms with van der Waals surface area (Å²) in [7, 11) is 6.35. The number of benzene rings is 2. The third-order valence-corrected chi connectivity index (χ3v) is 6.18. The van der Waals surface area contributed by atoms with Crippen molar-refractivity contribution in [1.82, 2.24) is 0 Å². The topological polar surface area (TPSA) is 72.1 Å². The molecule has 1 aliphatic heterocycles. The molecule has 2 N–H and O–H groups in total. The standard InChI is InChI=1S/C25H34N2O6.2ClH/c1-29-21-16-20(17-22(30-2)24(21)32-4)25(28)33-15-14-26-10-12-27(13-11-26)18-23(31-3)19-8-6-5-7-9-19;;/h5-9,16-17,23H,10-15,18H2,1-4H3;2*1H. The summed E-state index contributed by atoms with van der Waals surface area (Å²) in [6.07, 6.45) is 0.113. The van der Waals surface area contributed by atoms with Crippen LogP contribution in [0.3, 0.4) is 0 Å². The fraction of sp³-hybridized carbons (Fsp3) is 0.480. The van der Waals surface area contributed by atoms with Gasteiger partial charge in [-0.2, -0.15) is 0 Å². The van der Waals surface area contributed by atoms with Gasteiger partial charge in [-0.25, -0.2) is 4.79 Å². The lowest BCUT2D eigenvalue weighted by Gasteiger charge is -2.31. The minimum Gasteiger partial charge on any atom is -1.00 e. The lowest BCUT2D eigenvalue weighted by Crippen LogP contribution is -3.28. The highest BCUT2D eigenvalue weighted by atomic mass is 35.5. The SMILES string of the molecule is COc1cc(C(=O)OCC[NH+]2CC[NH+](CC(OC)c3ccccc3)CC2)cc(OC)c1OC.[Cl-].[Cl-]. The molecular formula is C25H36Cl2N2O6. The van der Waals surface area contributed by atoms with Crippen molar-refractivity contribution in [1.29, 1.82) is 0 Å². The highest BCUT2D eigenvalue weighted by Gasteiger charge is 2.26. The predicted octanol–water partition coefficient (Wildman–Crippen LogP) is -5.95. The van der Waals surface area contributed by atoms with Gasteiger partial charge in [0.05, 0.1) is 26.9 Å². The van der Waals surface area contributed by atoms with E-state index >= 15 is 0 Å². The Morgan fingerprint density at radius 2 is 1.43 bits per heavy atom. The number of hydrogen-bond acceptors (Lipinski definition) is 6. The minimum atomic E-state index is -0.399. The highest BCUT2D eigenvalue weighted by Crippen LogP contribution is 2.38. The monoisotopic (exact) mass is 530 g/mol. The third-order valence-electron chi connectivity index (χ3n) is 6.18. The molecule has 2 aromatic carbocycles. The largest absolute Gasteiger partial charge is 1.00 e. The van der Waals surface area contributed by atoms with Crippen LogP contribution in [0, 0.1) is 0 Å². The zero-order valence-electron chi connectivity index (χ0n) is 20.8. The Morgan fingerprint density at radius 1 is 0.857 bits per heavy atom. The first kappa shape index (κ1) is 30.8. The summed E-state index contributed by atoms with van der Waals surface area (Å²) in [4.78, 5) is 15.6. The van der Waals surface area contributed by atoms with Crippen LogP contribution >= 0.6 is 0 Å². The van der Waals surface area contributed by atoms with E-state index in [-0.39, 0.29) is 30.9 Å². The number of methoxy groups -OCH3 is 4. The molecule has 0 radical (unpaired) electrons. The fourth-order valence-electron chi connectivity index (χ4n) is 4.25. The molecule has 0 saturated carbocycles. The van der Waals surface area contributed by atoms with Gasteiger partial charge in [-0.15, -0.1) is 0 Å². The summed E-state index contributed by atoms with van der Waals surface area (Å²) in [5.74, 6) is 0.907. The van der Waals surface area contributed by atoms with Crippen molar-refractivity contribution < 1.29 is 63.1 Å². The molecule has 0 bridgehead atoms. The zero-order valence-corrected chi connectivity index (χ0v) is 22.3.